The fraction of sp³-hybridized carbons (Fsp3) is 0.440. The van der Waals surface area contributed by atoms with Crippen LogP contribution in [0.25, 0.3) is 0 Å². The molecule has 0 aromatic heterocycles. The van der Waals surface area contributed by atoms with Crippen LogP contribution in [0.2, 0.25) is 0 Å². The molecule has 0 heterocycles. The van der Waals surface area contributed by atoms with Crippen LogP contribution in [0.3, 0.4) is 0 Å². The summed E-state index contributed by atoms with van der Waals surface area (Å²) in [6, 6.07) is 15.8. The third kappa shape index (κ3) is 9.91. The van der Waals surface area contributed by atoms with Crippen molar-refractivity contribution in [1.29, 1.82) is 0 Å². The molecule has 0 aliphatic heterocycles. The molecule has 192 valence electrons. The maximum absolute atomic E-state index is 12.2. The Labute approximate surface area is 207 Å². The lowest BCUT2D eigenvalue weighted by Gasteiger charge is -2.22. The number of methoxy groups -OCH3 is 4. The van der Waals surface area contributed by atoms with Crippen LogP contribution < -0.4 is 10.6 Å². The largest absolute Gasteiger partial charge is 0.364 e. The second-order valence-corrected chi connectivity index (χ2v) is 7.87. The van der Waals surface area contributed by atoms with Crippen molar-refractivity contribution in [3.05, 3.63) is 70.8 Å². The number of nitrogens with zero attached hydrogens (tertiary/aromatic N) is 2. The van der Waals surface area contributed by atoms with Crippen molar-refractivity contribution < 1.29 is 28.5 Å². The Bertz CT molecular complexity index is 818. The Morgan fingerprint density at radius 1 is 0.600 bits per heavy atom. The first kappa shape index (κ1) is 28.1. The Balaban J connectivity index is 1.95. The second kappa shape index (κ2) is 15.7. The Kier molecular flexibility index (Phi) is 12.6. The quantitative estimate of drug-likeness (QED) is 0.397. The predicted molar refractivity (Wildman–Crippen MR) is 131 cm³/mol. The third-order valence-electron chi connectivity index (χ3n) is 5.08. The summed E-state index contributed by atoms with van der Waals surface area (Å²) in [5.41, 5.74) is 4.31. The number of benzene rings is 2. The molecule has 35 heavy (non-hydrogen) atoms. The van der Waals surface area contributed by atoms with Gasteiger partial charge in [0.2, 0.25) is 0 Å². The van der Waals surface area contributed by atoms with E-state index in [1.54, 1.807) is 24.0 Å². The molecular weight excluding hydrogens is 452 g/mol. The van der Waals surface area contributed by atoms with Crippen molar-refractivity contribution in [2.75, 3.05) is 55.4 Å². The number of hydrogen-bond acceptors (Lipinski definition) is 6. The lowest BCUT2D eigenvalue weighted by molar-refractivity contribution is 0.0722. The fourth-order valence-electron chi connectivity index (χ4n) is 3.36. The molecule has 0 spiro atoms. The minimum absolute atomic E-state index is 0.141. The first-order chi connectivity index (χ1) is 17.0. The van der Waals surface area contributed by atoms with E-state index in [0.717, 1.165) is 28.7 Å². The standard InChI is InChI=1S/C25H36N4O6/c1-32-16-26-24(30)28(18-34-3)14-22-9-5-20(6-10-22)13-21-7-11-23(12-8-21)15-29(19-35-4)25(31)27-17-33-2/h5-12H,13-19H2,1-4H3,(H,26,30)(H,27,31). The highest BCUT2D eigenvalue weighted by Crippen LogP contribution is 2.14. The molecule has 4 amide bonds. The van der Waals surface area contributed by atoms with Crippen molar-refractivity contribution in [3.63, 3.8) is 0 Å². The van der Waals surface area contributed by atoms with Gasteiger partial charge in [-0.3, -0.25) is 9.80 Å². The van der Waals surface area contributed by atoms with Crippen LogP contribution >= 0.6 is 0 Å². The van der Waals surface area contributed by atoms with Crippen molar-refractivity contribution >= 4 is 12.1 Å². The SMILES string of the molecule is COCNC(=O)N(COC)Cc1ccc(Cc2ccc(CN(COC)C(=O)NCOC)cc2)cc1. The van der Waals surface area contributed by atoms with Gasteiger partial charge in [-0.2, -0.15) is 0 Å². The first-order valence-electron chi connectivity index (χ1n) is 11.2. The van der Waals surface area contributed by atoms with Gasteiger partial charge in [0, 0.05) is 41.5 Å². The van der Waals surface area contributed by atoms with Crippen LogP contribution in [0, 0.1) is 0 Å². The van der Waals surface area contributed by atoms with Crippen LogP contribution in [0.15, 0.2) is 48.5 Å². The molecule has 0 radical (unpaired) electrons. The van der Waals surface area contributed by atoms with Gasteiger partial charge in [-0.25, -0.2) is 9.59 Å². The van der Waals surface area contributed by atoms with E-state index in [4.69, 9.17) is 18.9 Å². The molecule has 0 aliphatic rings. The number of amides is 4. The Morgan fingerprint density at radius 3 is 1.26 bits per heavy atom. The van der Waals surface area contributed by atoms with E-state index in [-0.39, 0.29) is 39.0 Å². The summed E-state index contributed by atoms with van der Waals surface area (Å²) in [6.07, 6.45) is 0.771. The second-order valence-electron chi connectivity index (χ2n) is 7.87. The average molecular weight is 489 g/mol. The molecule has 0 atom stereocenters. The zero-order valence-electron chi connectivity index (χ0n) is 20.9. The van der Waals surface area contributed by atoms with E-state index in [1.165, 1.54) is 14.2 Å². The summed E-state index contributed by atoms with van der Waals surface area (Å²) in [6.45, 7) is 1.49. The molecule has 0 saturated heterocycles. The van der Waals surface area contributed by atoms with Gasteiger partial charge in [-0.15, -0.1) is 0 Å². The van der Waals surface area contributed by atoms with E-state index in [0.29, 0.717) is 13.1 Å². The molecule has 10 nitrogen and oxygen atoms in total. The van der Waals surface area contributed by atoms with E-state index in [2.05, 4.69) is 34.9 Å². The van der Waals surface area contributed by atoms with Gasteiger partial charge in [0.05, 0.1) is 0 Å². The van der Waals surface area contributed by atoms with Gasteiger partial charge >= 0.3 is 12.1 Å². The van der Waals surface area contributed by atoms with Gasteiger partial charge in [0.1, 0.15) is 26.9 Å². The molecule has 0 saturated carbocycles. The molecule has 0 fully saturated rings. The monoisotopic (exact) mass is 488 g/mol. The lowest BCUT2D eigenvalue weighted by atomic mass is 10.0. The highest BCUT2D eigenvalue weighted by Gasteiger charge is 2.14. The van der Waals surface area contributed by atoms with Crippen LogP contribution in [-0.2, 0) is 38.5 Å². The summed E-state index contributed by atoms with van der Waals surface area (Å²) in [5.74, 6) is 0. The third-order valence-corrected chi connectivity index (χ3v) is 5.08. The van der Waals surface area contributed by atoms with Gasteiger partial charge in [0.25, 0.3) is 0 Å². The average Bonchev–Trinajstić information content (AvgIpc) is 2.87. The van der Waals surface area contributed by atoms with Crippen LogP contribution in [0.4, 0.5) is 9.59 Å². The maximum Gasteiger partial charge on any atom is 0.321 e. The molecule has 10 heteroatoms. The molecular formula is C25H36N4O6. The van der Waals surface area contributed by atoms with Crippen LogP contribution in [0.1, 0.15) is 22.3 Å². The zero-order chi connectivity index (χ0) is 25.5. The highest BCUT2D eigenvalue weighted by atomic mass is 16.5. The molecule has 2 rings (SSSR count). The number of rotatable bonds is 14. The van der Waals surface area contributed by atoms with Gasteiger partial charge in [-0.05, 0) is 28.7 Å². The first-order valence-corrected chi connectivity index (χ1v) is 11.2. The summed E-state index contributed by atoms with van der Waals surface area (Å²) < 4.78 is 20.1. The van der Waals surface area contributed by atoms with Crippen LogP contribution in [0.5, 0.6) is 0 Å². The Hall–Kier alpha value is -3.18. The van der Waals surface area contributed by atoms with Gasteiger partial charge in [-0.1, -0.05) is 48.5 Å². The number of hydrogen-bond donors (Lipinski definition) is 2. The van der Waals surface area contributed by atoms with Crippen molar-refractivity contribution in [2.24, 2.45) is 0 Å². The topological polar surface area (TPSA) is 102 Å². The predicted octanol–water partition coefficient (Wildman–Crippen LogP) is 2.72. The lowest BCUT2D eigenvalue weighted by Crippen LogP contribution is -2.41. The number of nitrogens with one attached hydrogen (secondary N) is 2. The van der Waals surface area contributed by atoms with Crippen molar-refractivity contribution in [1.82, 2.24) is 20.4 Å². The summed E-state index contributed by atoms with van der Waals surface area (Å²) in [5, 5.41) is 5.33. The molecule has 2 aromatic rings. The zero-order valence-corrected chi connectivity index (χ0v) is 20.9. The summed E-state index contributed by atoms with van der Waals surface area (Å²) in [7, 11) is 6.14. The van der Waals surface area contributed by atoms with Gasteiger partial charge in [0.15, 0.2) is 0 Å². The number of carbonyl (C=O) groups excluding carboxylic acids is 2. The van der Waals surface area contributed by atoms with Crippen LogP contribution in [-0.4, -0.2) is 77.2 Å². The van der Waals surface area contributed by atoms with Crippen molar-refractivity contribution in [2.45, 2.75) is 19.5 Å². The molecule has 0 aliphatic carbocycles. The number of ether oxygens (including phenoxy) is 4. The normalized spacial score (nSPS) is 10.6. The minimum atomic E-state index is -0.252. The van der Waals surface area contributed by atoms with E-state index < -0.39 is 0 Å². The molecule has 2 aromatic carbocycles. The highest BCUT2D eigenvalue weighted by molar-refractivity contribution is 5.74. The number of carbonyl (C=O) groups is 2. The van der Waals surface area contributed by atoms with E-state index in [1.807, 2.05) is 24.3 Å². The maximum atomic E-state index is 12.2. The molecule has 0 unspecified atom stereocenters. The van der Waals surface area contributed by atoms with E-state index >= 15 is 0 Å². The smallest absolute Gasteiger partial charge is 0.321 e. The Morgan fingerprint density at radius 2 is 0.943 bits per heavy atom. The molecule has 0 bridgehead atoms. The van der Waals surface area contributed by atoms with E-state index in [9.17, 15) is 9.59 Å². The summed E-state index contributed by atoms with van der Waals surface area (Å²) >= 11 is 0. The summed E-state index contributed by atoms with van der Waals surface area (Å²) in [4.78, 5) is 27.6. The van der Waals surface area contributed by atoms with Gasteiger partial charge < -0.3 is 29.6 Å². The number of urea groups is 2. The minimum Gasteiger partial charge on any atom is -0.364 e. The van der Waals surface area contributed by atoms with Crippen molar-refractivity contribution in [3.8, 4) is 0 Å². The fourth-order valence-corrected chi connectivity index (χ4v) is 3.36. The molecule has 2 N–H and O–H groups in total.